The molecule has 2 N–H and O–H groups in total. The Morgan fingerprint density at radius 3 is 2.53 bits per heavy atom. The molecule has 1 aliphatic rings. The number of thiocarbonyl (C=S) groups is 1. The number of nitrogens with zero attached hydrogens (tertiary/aromatic N) is 3. The van der Waals surface area contributed by atoms with Crippen LogP contribution in [0.1, 0.15) is 47.2 Å². The number of pyridine rings is 1. The van der Waals surface area contributed by atoms with Crippen molar-refractivity contribution in [1.29, 1.82) is 0 Å². The number of nitrogens with one attached hydrogen (secondary N) is 1. The lowest BCUT2D eigenvalue weighted by atomic mass is 9.97. The fraction of sp³-hybridized carbons (Fsp3) is 0.333. The SMILES string of the molecule is CCc1ccc(-n2c(C)cc([C@H]3[C@H](c4ccccn4)NC(=S)N3CCO)c2C)cc1. The van der Waals surface area contributed by atoms with E-state index in [2.05, 4.69) is 70.9 Å². The van der Waals surface area contributed by atoms with Gasteiger partial charge in [0.2, 0.25) is 0 Å². The van der Waals surface area contributed by atoms with Crippen molar-refractivity contribution in [3.63, 3.8) is 0 Å². The Morgan fingerprint density at radius 2 is 1.90 bits per heavy atom. The van der Waals surface area contributed by atoms with Crippen molar-refractivity contribution < 1.29 is 5.11 Å². The van der Waals surface area contributed by atoms with E-state index in [1.54, 1.807) is 0 Å². The molecule has 30 heavy (non-hydrogen) atoms. The third-order valence-electron chi connectivity index (χ3n) is 5.93. The van der Waals surface area contributed by atoms with E-state index in [0.29, 0.717) is 11.7 Å². The maximum atomic E-state index is 9.67. The molecule has 1 fully saturated rings. The number of aryl methyl sites for hydroxylation is 2. The Kier molecular flexibility index (Phi) is 5.88. The molecule has 0 amide bonds. The Labute approximate surface area is 183 Å². The molecule has 4 rings (SSSR count). The van der Waals surface area contributed by atoms with Gasteiger partial charge in [0.05, 0.1) is 24.4 Å². The van der Waals surface area contributed by atoms with Gasteiger partial charge in [0, 0.05) is 29.8 Å². The first-order valence-corrected chi connectivity index (χ1v) is 10.8. The molecule has 0 unspecified atom stereocenters. The molecule has 1 aromatic carbocycles. The van der Waals surface area contributed by atoms with Gasteiger partial charge in [0.15, 0.2) is 5.11 Å². The lowest BCUT2D eigenvalue weighted by molar-refractivity contribution is 0.223. The number of aliphatic hydroxyl groups is 1. The van der Waals surface area contributed by atoms with Crippen LogP contribution in [0, 0.1) is 13.8 Å². The van der Waals surface area contributed by atoms with Crippen LogP contribution in [-0.2, 0) is 6.42 Å². The molecule has 3 heterocycles. The monoisotopic (exact) mass is 420 g/mol. The maximum absolute atomic E-state index is 9.67. The average Bonchev–Trinajstić information content (AvgIpc) is 3.24. The van der Waals surface area contributed by atoms with Crippen molar-refractivity contribution in [2.45, 2.75) is 39.3 Å². The molecule has 3 aromatic rings. The zero-order valence-corrected chi connectivity index (χ0v) is 18.5. The Balaban J connectivity index is 1.80. The minimum Gasteiger partial charge on any atom is -0.395 e. The van der Waals surface area contributed by atoms with Gasteiger partial charge in [-0.1, -0.05) is 25.1 Å². The highest BCUT2D eigenvalue weighted by Crippen LogP contribution is 2.41. The second-order valence-electron chi connectivity index (χ2n) is 7.73. The van der Waals surface area contributed by atoms with E-state index < -0.39 is 0 Å². The van der Waals surface area contributed by atoms with Crippen molar-refractivity contribution in [2.75, 3.05) is 13.2 Å². The second kappa shape index (κ2) is 8.58. The summed E-state index contributed by atoms with van der Waals surface area (Å²) in [6.07, 6.45) is 2.84. The van der Waals surface area contributed by atoms with E-state index in [1.165, 1.54) is 22.5 Å². The standard InChI is InChI=1S/C24H28N4OS/c1-4-18-8-10-19(11-9-18)28-16(2)15-20(17(28)3)23-22(21-7-5-6-12-25-21)26-24(30)27(23)13-14-29/h5-12,15,22-23,29H,4,13-14H2,1-3H3,(H,26,30)/t22-,23-/m0/s1. The number of benzene rings is 1. The van der Waals surface area contributed by atoms with Gasteiger partial charge < -0.3 is 19.9 Å². The number of rotatable bonds is 6. The Bertz CT molecular complexity index is 1030. The highest BCUT2D eigenvalue weighted by Gasteiger charge is 2.41. The van der Waals surface area contributed by atoms with Gasteiger partial charge in [-0.05, 0) is 73.9 Å². The first-order chi connectivity index (χ1) is 14.5. The Hall–Kier alpha value is -2.70. The highest BCUT2D eigenvalue weighted by molar-refractivity contribution is 7.80. The summed E-state index contributed by atoms with van der Waals surface area (Å²) in [6, 6.07) is 16.8. The summed E-state index contributed by atoms with van der Waals surface area (Å²) in [5.41, 5.74) is 6.98. The molecular formula is C24H28N4OS. The average molecular weight is 421 g/mol. The van der Waals surface area contributed by atoms with Crippen molar-refractivity contribution in [3.8, 4) is 5.69 Å². The normalized spacial score (nSPS) is 18.7. The summed E-state index contributed by atoms with van der Waals surface area (Å²) in [5, 5.41) is 13.8. The van der Waals surface area contributed by atoms with Crippen LogP contribution >= 0.6 is 12.2 Å². The van der Waals surface area contributed by atoms with Gasteiger partial charge in [0.1, 0.15) is 0 Å². The molecule has 2 aromatic heterocycles. The van der Waals surface area contributed by atoms with E-state index in [0.717, 1.165) is 17.8 Å². The molecule has 5 nitrogen and oxygen atoms in total. The first-order valence-electron chi connectivity index (χ1n) is 10.4. The van der Waals surface area contributed by atoms with Crippen molar-refractivity contribution in [1.82, 2.24) is 19.8 Å². The fourth-order valence-electron chi connectivity index (χ4n) is 4.46. The molecule has 0 aliphatic carbocycles. The van der Waals surface area contributed by atoms with Gasteiger partial charge in [0.25, 0.3) is 0 Å². The van der Waals surface area contributed by atoms with Crippen LogP contribution in [0.25, 0.3) is 5.69 Å². The largest absolute Gasteiger partial charge is 0.395 e. The minimum absolute atomic E-state index is 0.0329. The molecule has 0 bridgehead atoms. The number of hydrogen-bond donors (Lipinski definition) is 2. The van der Waals surface area contributed by atoms with Gasteiger partial charge in [-0.2, -0.15) is 0 Å². The van der Waals surface area contributed by atoms with E-state index in [-0.39, 0.29) is 18.7 Å². The van der Waals surface area contributed by atoms with Crippen LogP contribution in [-0.4, -0.2) is 37.8 Å². The van der Waals surface area contributed by atoms with Gasteiger partial charge in [-0.25, -0.2) is 0 Å². The van der Waals surface area contributed by atoms with Crippen LogP contribution in [0.3, 0.4) is 0 Å². The predicted octanol–water partition coefficient (Wildman–Crippen LogP) is 4.02. The van der Waals surface area contributed by atoms with Crippen molar-refractivity contribution >= 4 is 17.3 Å². The topological polar surface area (TPSA) is 53.3 Å². The molecular weight excluding hydrogens is 392 g/mol. The summed E-state index contributed by atoms with van der Waals surface area (Å²) in [4.78, 5) is 6.67. The molecule has 0 saturated carbocycles. The molecule has 0 radical (unpaired) electrons. The van der Waals surface area contributed by atoms with E-state index in [1.807, 2.05) is 24.4 Å². The number of aliphatic hydroxyl groups excluding tert-OH is 1. The lowest BCUT2D eigenvalue weighted by Gasteiger charge is -2.27. The highest BCUT2D eigenvalue weighted by atomic mass is 32.1. The van der Waals surface area contributed by atoms with Crippen molar-refractivity contribution in [3.05, 3.63) is 82.9 Å². The molecule has 0 spiro atoms. The smallest absolute Gasteiger partial charge is 0.170 e. The Morgan fingerprint density at radius 1 is 1.13 bits per heavy atom. The van der Waals surface area contributed by atoms with Crippen LogP contribution in [0.15, 0.2) is 54.7 Å². The van der Waals surface area contributed by atoms with Gasteiger partial charge >= 0.3 is 0 Å². The van der Waals surface area contributed by atoms with Crippen LogP contribution in [0.5, 0.6) is 0 Å². The van der Waals surface area contributed by atoms with Crippen LogP contribution < -0.4 is 5.32 Å². The molecule has 1 saturated heterocycles. The van der Waals surface area contributed by atoms with Crippen LogP contribution in [0.4, 0.5) is 0 Å². The third kappa shape index (κ3) is 3.61. The molecule has 1 aliphatic heterocycles. The van der Waals surface area contributed by atoms with E-state index >= 15 is 0 Å². The minimum atomic E-state index is -0.0679. The van der Waals surface area contributed by atoms with Gasteiger partial charge in [-0.3, -0.25) is 4.98 Å². The number of β-amino-alcohol motifs (C(OH)–C–C–N with tert-alkyl or cyclic N) is 1. The second-order valence-corrected chi connectivity index (χ2v) is 8.11. The first kappa shape index (κ1) is 20.6. The molecule has 156 valence electrons. The number of aromatic nitrogens is 2. The van der Waals surface area contributed by atoms with Crippen LogP contribution in [0.2, 0.25) is 0 Å². The summed E-state index contributed by atoms with van der Waals surface area (Å²) in [5.74, 6) is 0. The summed E-state index contributed by atoms with van der Waals surface area (Å²) in [7, 11) is 0. The summed E-state index contributed by atoms with van der Waals surface area (Å²) < 4.78 is 2.29. The zero-order chi connectivity index (χ0) is 21.3. The van der Waals surface area contributed by atoms with Crippen molar-refractivity contribution in [2.24, 2.45) is 0 Å². The van der Waals surface area contributed by atoms with E-state index in [4.69, 9.17) is 12.2 Å². The number of hydrogen-bond acceptors (Lipinski definition) is 3. The fourth-order valence-corrected chi connectivity index (χ4v) is 4.79. The molecule has 2 atom stereocenters. The predicted molar refractivity (Wildman–Crippen MR) is 124 cm³/mol. The summed E-state index contributed by atoms with van der Waals surface area (Å²) in [6.45, 7) is 6.99. The maximum Gasteiger partial charge on any atom is 0.170 e. The van der Waals surface area contributed by atoms with E-state index in [9.17, 15) is 5.11 Å². The summed E-state index contributed by atoms with van der Waals surface area (Å²) >= 11 is 5.63. The van der Waals surface area contributed by atoms with Gasteiger partial charge in [-0.15, -0.1) is 0 Å². The zero-order valence-electron chi connectivity index (χ0n) is 17.7. The quantitative estimate of drug-likeness (QED) is 0.590. The molecule has 6 heteroatoms. The lowest BCUT2D eigenvalue weighted by Crippen LogP contribution is -2.32. The third-order valence-corrected chi connectivity index (χ3v) is 6.28.